The van der Waals surface area contributed by atoms with Gasteiger partial charge in [0.05, 0.1) is 24.7 Å². The van der Waals surface area contributed by atoms with Gasteiger partial charge < -0.3 is 14.4 Å². The number of sulfonamides is 1. The maximum Gasteiger partial charge on any atom is 0.241 e. The minimum absolute atomic E-state index is 0.213. The molecule has 0 amide bonds. The molecule has 0 aliphatic heterocycles. The van der Waals surface area contributed by atoms with Crippen LogP contribution in [0.15, 0.2) is 41.3 Å². The lowest BCUT2D eigenvalue weighted by Crippen LogP contribution is -2.28. The fourth-order valence-corrected chi connectivity index (χ4v) is 4.61. The van der Waals surface area contributed by atoms with Crippen molar-refractivity contribution in [3.8, 4) is 0 Å². The number of halogens is 1. The maximum absolute atomic E-state index is 12.8. The first-order chi connectivity index (χ1) is 14.5. The summed E-state index contributed by atoms with van der Waals surface area (Å²) >= 11 is 5.64. The zero-order valence-electron chi connectivity index (χ0n) is 17.9. The molecular weight excluding hydrogens is 424 g/mol. The molecule has 0 heterocycles. The minimum atomic E-state index is -3.63. The summed E-state index contributed by atoms with van der Waals surface area (Å²) < 4.78 is 39.2. The minimum Gasteiger partial charge on any atom is -0.379 e. The summed E-state index contributed by atoms with van der Waals surface area (Å²) in [6, 6.07) is 11.0. The second-order valence-electron chi connectivity index (χ2n) is 7.25. The van der Waals surface area contributed by atoms with Crippen molar-refractivity contribution in [3.05, 3.63) is 36.4 Å². The Hall–Kier alpha value is -1.38. The summed E-state index contributed by atoms with van der Waals surface area (Å²) in [7, 11) is 0.252. The van der Waals surface area contributed by atoms with Gasteiger partial charge in [0, 0.05) is 49.6 Å². The molecule has 0 aliphatic rings. The molecule has 0 radical (unpaired) electrons. The first kappa shape index (κ1) is 24.9. The summed E-state index contributed by atoms with van der Waals surface area (Å²) in [6.45, 7) is 2.19. The van der Waals surface area contributed by atoms with Gasteiger partial charge in [0.1, 0.15) is 0 Å². The van der Waals surface area contributed by atoms with Crippen molar-refractivity contribution in [3.63, 3.8) is 0 Å². The number of nitrogens with zero attached hydrogens (tertiary/aromatic N) is 1. The van der Waals surface area contributed by atoms with E-state index < -0.39 is 10.0 Å². The summed E-state index contributed by atoms with van der Waals surface area (Å²) in [5.74, 6) is 0.718. The molecule has 0 aromatic heterocycles. The highest BCUT2D eigenvalue weighted by atomic mass is 35.5. The Morgan fingerprint density at radius 1 is 0.867 bits per heavy atom. The number of ether oxygens (including phenoxy) is 2. The number of rotatable bonds is 15. The van der Waals surface area contributed by atoms with Gasteiger partial charge in [-0.15, -0.1) is 11.6 Å². The monoisotopic (exact) mass is 456 g/mol. The van der Waals surface area contributed by atoms with E-state index >= 15 is 0 Å². The lowest BCUT2D eigenvalue weighted by atomic mass is 10.1. The van der Waals surface area contributed by atoms with Gasteiger partial charge in [-0.05, 0) is 25.0 Å². The SMILES string of the molecule is CN(C)c1cccc2c(S(=O)(=O)NCCOCCOCCCCCCCl)cccc12. The van der Waals surface area contributed by atoms with Gasteiger partial charge in [-0.25, -0.2) is 13.1 Å². The van der Waals surface area contributed by atoms with Crippen LogP contribution in [-0.4, -0.2) is 61.4 Å². The van der Waals surface area contributed by atoms with Crippen LogP contribution in [0.4, 0.5) is 5.69 Å². The van der Waals surface area contributed by atoms with Crippen molar-refractivity contribution in [2.45, 2.75) is 30.6 Å². The molecular formula is C22H33ClN2O4S. The van der Waals surface area contributed by atoms with Gasteiger partial charge in [-0.2, -0.15) is 0 Å². The molecule has 0 saturated carbocycles. The predicted octanol–water partition coefficient (Wildman–Crippen LogP) is 4.02. The standard InChI is InChI=1S/C22H33ClN2O4S/c1-25(2)21-11-7-10-20-19(21)9-8-12-22(20)30(26,27)24-14-16-29-18-17-28-15-6-4-3-5-13-23/h7-12,24H,3-6,13-18H2,1-2H3. The van der Waals surface area contributed by atoms with Crippen molar-refractivity contribution in [1.29, 1.82) is 0 Å². The summed E-state index contributed by atoms with van der Waals surface area (Å²) in [5, 5.41) is 1.61. The molecule has 0 unspecified atom stereocenters. The lowest BCUT2D eigenvalue weighted by molar-refractivity contribution is 0.0485. The van der Waals surface area contributed by atoms with E-state index in [9.17, 15) is 8.42 Å². The van der Waals surface area contributed by atoms with Crippen LogP contribution in [-0.2, 0) is 19.5 Å². The fourth-order valence-electron chi connectivity index (χ4n) is 3.19. The van der Waals surface area contributed by atoms with Crippen LogP contribution in [0.3, 0.4) is 0 Å². The molecule has 0 saturated heterocycles. The third-order valence-electron chi connectivity index (χ3n) is 4.71. The third kappa shape index (κ3) is 7.71. The van der Waals surface area contributed by atoms with E-state index in [2.05, 4.69) is 4.72 Å². The Morgan fingerprint density at radius 2 is 1.53 bits per heavy atom. The van der Waals surface area contributed by atoms with Crippen LogP contribution < -0.4 is 9.62 Å². The molecule has 0 aliphatic carbocycles. The van der Waals surface area contributed by atoms with E-state index in [-0.39, 0.29) is 11.4 Å². The van der Waals surface area contributed by atoms with Crippen LogP contribution in [0.25, 0.3) is 10.8 Å². The van der Waals surface area contributed by atoms with E-state index in [0.717, 1.165) is 42.6 Å². The van der Waals surface area contributed by atoms with Gasteiger partial charge in [0.2, 0.25) is 10.0 Å². The summed E-state index contributed by atoms with van der Waals surface area (Å²) in [5.41, 5.74) is 0.979. The number of nitrogens with one attached hydrogen (secondary N) is 1. The van der Waals surface area contributed by atoms with Crippen LogP contribution >= 0.6 is 11.6 Å². The van der Waals surface area contributed by atoms with Crippen LogP contribution in [0.5, 0.6) is 0 Å². The first-order valence-corrected chi connectivity index (χ1v) is 12.4. The highest BCUT2D eigenvalue weighted by Crippen LogP contribution is 2.29. The smallest absolute Gasteiger partial charge is 0.241 e. The summed E-state index contributed by atoms with van der Waals surface area (Å²) in [4.78, 5) is 2.25. The average Bonchev–Trinajstić information content (AvgIpc) is 2.73. The number of unbranched alkanes of at least 4 members (excludes halogenated alkanes) is 3. The van der Waals surface area contributed by atoms with E-state index in [0.29, 0.717) is 31.8 Å². The molecule has 1 N–H and O–H groups in total. The number of benzene rings is 2. The van der Waals surface area contributed by atoms with Crippen molar-refractivity contribution in [1.82, 2.24) is 4.72 Å². The van der Waals surface area contributed by atoms with Gasteiger partial charge in [0.15, 0.2) is 0 Å². The Labute approximate surface area is 185 Å². The van der Waals surface area contributed by atoms with E-state index in [4.69, 9.17) is 21.1 Å². The zero-order valence-corrected chi connectivity index (χ0v) is 19.5. The largest absolute Gasteiger partial charge is 0.379 e. The predicted molar refractivity (Wildman–Crippen MR) is 124 cm³/mol. The van der Waals surface area contributed by atoms with E-state index in [1.807, 2.05) is 43.3 Å². The maximum atomic E-state index is 12.8. The van der Waals surface area contributed by atoms with Crippen molar-refractivity contribution in [2.75, 3.05) is 57.8 Å². The number of anilines is 1. The molecule has 2 aromatic rings. The molecule has 0 spiro atoms. The summed E-state index contributed by atoms with van der Waals surface area (Å²) in [6.07, 6.45) is 4.34. The Balaban J connectivity index is 1.76. The average molecular weight is 457 g/mol. The molecule has 0 atom stereocenters. The number of hydrogen-bond donors (Lipinski definition) is 1. The normalized spacial score (nSPS) is 11.8. The molecule has 6 nitrogen and oxygen atoms in total. The quantitative estimate of drug-likeness (QED) is 0.324. The zero-order chi connectivity index (χ0) is 21.8. The van der Waals surface area contributed by atoms with Crippen LogP contribution in [0.1, 0.15) is 25.7 Å². The van der Waals surface area contributed by atoms with Crippen molar-refractivity contribution >= 4 is 38.1 Å². The van der Waals surface area contributed by atoms with Crippen LogP contribution in [0.2, 0.25) is 0 Å². The molecule has 168 valence electrons. The Bertz CT molecular complexity index is 875. The molecule has 2 rings (SSSR count). The molecule has 2 aromatic carbocycles. The number of alkyl halides is 1. The molecule has 30 heavy (non-hydrogen) atoms. The lowest BCUT2D eigenvalue weighted by Gasteiger charge is -2.17. The van der Waals surface area contributed by atoms with Gasteiger partial charge >= 0.3 is 0 Å². The van der Waals surface area contributed by atoms with Crippen LogP contribution in [0, 0.1) is 0 Å². The van der Waals surface area contributed by atoms with E-state index in [1.165, 1.54) is 0 Å². The number of hydrogen-bond acceptors (Lipinski definition) is 5. The molecule has 0 fully saturated rings. The van der Waals surface area contributed by atoms with Gasteiger partial charge in [-0.1, -0.05) is 37.1 Å². The van der Waals surface area contributed by atoms with Crippen molar-refractivity contribution in [2.24, 2.45) is 0 Å². The second kappa shape index (κ2) is 13.1. The second-order valence-corrected chi connectivity index (χ2v) is 9.36. The highest BCUT2D eigenvalue weighted by molar-refractivity contribution is 7.89. The first-order valence-electron chi connectivity index (χ1n) is 10.4. The Morgan fingerprint density at radius 3 is 2.27 bits per heavy atom. The molecule has 8 heteroatoms. The fraction of sp³-hybridized carbons (Fsp3) is 0.545. The van der Waals surface area contributed by atoms with E-state index in [1.54, 1.807) is 12.1 Å². The third-order valence-corrected chi connectivity index (χ3v) is 6.50. The number of fused-ring (bicyclic) bond motifs is 1. The topological polar surface area (TPSA) is 67.9 Å². The molecule has 0 bridgehead atoms. The van der Waals surface area contributed by atoms with Crippen molar-refractivity contribution < 1.29 is 17.9 Å². The van der Waals surface area contributed by atoms with Gasteiger partial charge in [0.25, 0.3) is 0 Å². The van der Waals surface area contributed by atoms with Gasteiger partial charge in [-0.3, -0.25) is 0 Å². The highest BCUT2D eigenvalue weighted by Gasteiger charge is 2.18. The Kier molecular flexibility index (Phi) is 10.9.